The minimum Gasteiger partial charge on any atom is -0.294 e. The van der Waals surface area contributed by atoms with Gasteiger partial charge in [-0.05, 0) is 34.5 Å². The van der Waals surface area contributed by atoms with Crippen LogP contribution < -0.4 is 0 Å². The minimum atomic E-state index is -1.01. The maximum atomic E-state index is 13.1. The Morgan fingerprint density at radius 2 is 2.07 bits per heavy atom. The summed E-state index contributed by atoms with van der Waals surface area (Å²) in [4.78, 5) is 11.7. The molecule has 1 atom stereocenters. The van der Waals surface area contributed by atoms with Gasteiger partial charge in [-0.3, -0.25) is 4.79 Å². The van der Waals surface area contributed by atoms with E-state index in [9.17, 15) is 13.6 Å². The zero-order chi connectivity index (χ0) is 11.6. The minimum absolute atomic E-state index is 0.0900. The molecule has 0 radical (unpaired) electrons. The molecule has 1 unspecified atom stereocenters. The fourth-order valence-electron chi connectivity index (χ4n) is 1.17. The van der Waals surface area contributed by atoms with Gasteiger partial charge in [0.25, 0.3) is 0 Å². The molecule has 1 aromatic rings. The lowest BCUT2D eigenvalue weighted by Crippen LogP contribution is -2.11. The average molecular weight is 277 g/mol. The molecule has 4 heteroatoms. The van der Waals surface area contributed by atoms with Crippen molar-refractivity contribution >= 4 is 21.7 Å². The van der Waals surface area contributed by atoms with Crippen molar-refractivity contribution in [3.63, 3.8) is 0 Å². The molecule has 1 rings (SSSR count). The van der Waals surface area contributed by atoms with Crippen LogP contribution in [0.2, 0.25) is 0 Å². The van der Waals surface area contributed by atoms with E-state index < -0.39 is 11.6 Å². The largest absolute Gasteiger partial charge is 0.294 e. The number of carbonyl (C=O) groups excluding carboxylic acids is 1. The highest BCUT2D eigenvalue weighted by atomic mass is 79.9. The van der Waals surface area contributed by atoms with E-state index in [1.165, 1.54) is 6.07 Å². The summed E-state index contributed by atoms with van der Waals surface area (Å²) in [5.74, 6) is -2.33. The second-order valence-corrected chi connectivity index (χ2v) is 4.19. The van der Waals surface area contributed by atoms with Crippen LogP contribution in [0.1, 0.15) is 30.6 Å². The Bertz CT molecular complexity index is 390. The Balaban J connectivity index is 3.16. The molecule has 0 saturated carbocycles. The van der Waals surface area contributed by atoms with Crippen LogP contribution in [0.3, 0.4) is 0 Å². The van der Waals surface area contributed by atoms with Crippen LogP contribution in [0, 0.1) is 17.6 Å². The van der Waals surface area contributed by atoms with Gasteiger partial charge in [-0.15, -0.1) is 0 Å². The van der Waals surface area contributed by atoms with Crippen LogP contribution in [0.4, 0.5) is 8.78 Å². The van der Waals surface area contributed by atoms with Gasteiger partial charge < -0.3 is 0 Å². The molecule has 0 aliphatic rings. The van der Waals surface area contributed by atoms with E-state index in [2.05, 4.69) is 15.9 Å². The Morgan fingerprint density at radius 3 is 2.60 bits per heavy atom. The van der Waals surface area contributed by atoms with E-state index >= 15 is 0 Å². The van der Waals surface area contributed by atoms with Crippen molar-refractivity contribution in [2.24, 2.45) is 5.92 Å². The lowest BCUT2D eigenvalue weighted by atomic mass is 9.97. The normalized spacial score (nSPS) is 12.6. The first-order valence-electron chi connectivity index (χ1n) is 4.66. The highest BCUT2D eigenvalue weighted by Crippen LogP contribution is 2.25. The standard InChI is InChI=1S/C11H11BrF2O/c1-3-6(2)11(15)7-4-5-8(13)10(14)9(7)12/h4-6H,3H2,1-2H3. The number of hydrogen-bond acceptors (Lipinski definition) is 1. The van der Waals surface area contributed by atoms with Crippen molar-refractivity contribution in [2.75, 3.05) is 0 Å². The van der Waals surface area contributed by atoms with Crippen LogP contribution in [-0.2, 0) is 0 Å². The first kappa shape index (κ1) is 12.3. The lowest BCUT2D eigenvalue weighted by molar-refractivity contribution is 0.0926. The third-order valence-electron chi connectivity index (χ3n) is 2.36. The predicted molar refractivity (Wildman–Crippen MR) is 57.8 cm³/mol. The van der Waals surface area contributed by atoms with Gasteiger partial charge in [-0.25, -0.2) is 8.78 Å². The molecule has 1 nitrogen and oxygen atoms in total. The summed E-state index contributed by atoms with van der Waals surface area (Å²) in [6, 6.07) is 2.27. The Hall–Kier alpha value is -0.770. The number of ketones is 1. The number of halogens is 3. The summed E-state index contributed by atoms with van der Waals surface area (Å²) < 4.78 is 25.8. The SMILES string of the molecule is CCC(C)C(=O)c1ccc(F)c(F)c1Br. The smallest absolute Gasteiger partial charge is 0.173 e. The summed E-state index contributed by atoms with van der Waals surface area (Å²) >= 11 is 2.89. The predicted octanol–water partition coefficient (Wildman–Crippen LogP) is 3.96. The average Bonchev–Trinajstić information content (AvgIpc) is 2.24. The first-order chi connectivity index (χ1) is 6.99. The van der Waals surface area contributed by atoms with Crippen LogP contribution in [0.25, 0.3) is 0 Å². The van der Waals surface area contributed by atoms with Crippen LogP contribution in [-0.4, -0.2) is 5.78 Å². The Kier molecular flexibility index (Phi) is 3.97. The lowest BCUT2D eigenvalue weighted by Gasteiger charge is -2.09. The highest BCUT2D eigenvalue weighted by Gasteiger charge is 2.19. The summed E-state index contributed by atoms with van der Waals surface area (Å²) in [5.41, 5.74) is 0.197. The number of rotatable bonds is 3. The molecule has 0 bridgehead atoms. The summed E-state index contributed by atoms with van der Waals surface area (Å²) in [6.45, 7) is 3.63. The van der Waals surface area contributed by atoms with Gasteiger partial charge >= 0.3 is 0 Å². The summed E-state index contributed by atoms with van der Waals surface area (Å²) in [5, 5.41) is 0. The van der Waals surface area contributed by atoms with Gasteiger partial charge in [0.05, 0.1) is 4.47 Å². The molecule has 0 fully saturated rings. The fourth-order valence-corrected chi connectivity index (χ4v) is 1.68. The second kappa shape index (κ2) is 4.84. The monoisotopic (exact) mass is 276 g/mol. The Labute approximate surface area is 95.6 Å². The van der Waals surface area contributed by atoms with E-state index in [1.807, 2.05) is 6.92 Å². The molecule has 0 aromatic heterocycles. The van der Waals surface area contributed by atoms with Gasteiger partial charge in [-0.1, -0.05) is 13.8 Å². The molecule has 0 spiro atoms. The van der Waals surface area contributed by atoms with E-state index in [1.54, 1.807) is 6.92 Å². The number of carbonyl (C=O) groups is 1. The molecule has 0 amide bonds. The molecule has 1 aromatic carbocycles. The third-order valence-corrected chi connectivity index (χ3v) is 3.14. The quantitative estimate of drug-likeness (QED) is 0.603. The maximum absolute atomic E-state index is 13.1. The summed E-state index contributed by atoms with van der Waals surface area (Å²) in [6.07, 6.45) is 0.671. The molecule has 0 N–H and O–H groups in total. The zero-order valence-electron chi connectivity index (χ0n) is 8.48. The van der Waals surface area contributed by atoms with Crippen molar-refractivity contribution in [1.82, 2.24) is 0 Å². The van der Waals surface area contributed by atoms with Crippen molar-refractivity contribution in [3.05, 3.63) is 33.8 Å². The van der Waals surface area contributed by atoms with Gasteiger partial charge in [0.2, 0.25) is 0 Å². The third kappa shape index (κ3) is 2.43. The molecular weight excluding hydrogens is 266 g/mol. The first-order valence-corrected chi connectivity index (χ1v) is 5.46. The van der Waals surface area contributed by atoms with E-state index in [4.69, 9.17) is 0 Å². The van der Waals surface area contributed by atoms with E-state index in [0.717, 1.165) is 6.07 Å². The molecule has 0 aliphatic carbocycles. The Morgan fingerprint density at radius 1 is 1.47 bits per heavy atom. The van der Waals surface area contributed by atoms with Crippen LogP contribution in [0.15, 0.2) is 16.6 Å². The van der Waals surface area contributed by atoms with Crippen molar-refractivity contribution in [2.45, 2.75) is 20.3 Å². The van der Waals surface area contributed by atoms with Crippen LogP contribution in [0.5, 0.6) is 0 Å². The van der Waals surface area contributed by atoms with Crippen molar-refractivity contribution in [3.8, 4) is 0 Å². The van der Waals surface area contributed by atoms with Gasteiger partial charge in [0.15, 0.2) is 17.4 Å². The highest BCUT2D eigenvalue weighted by molar-refractivity contribution is 9.10. The van der Waals surface area contributed by atoms with Crippen LogP contribution >= 0.6 is 15.9 Å². The molecule has 15 heavy (non-hydrogen) atoms. The topological polar surface area (TPSA) is 17.1 Å². The zero-order valence-corrected chi connectivity index (χ0v) is 10.1. The maximum Gasteiger partial charge on any atom is 0.173 e. The molecule has 0 saturated heterocycles. The van der Waals surface area contributed by atoms with E-state index in [0.29, 0.717) is 6.42 Å². The van der Waals surface area contributed by atoms with Gasteiger partial charge in [0.1, 0.15) is 0 Å². The van der Waals surface area contributed by atoms with E-state index in [-0.39, 0.29) is 21.7 Å². The summed E-state index contributed by atoms with van der Waals surface area (Å²) in [7, 11) is 0. The molecular formula is C11H11BrF2O. The molecule has 0 aliphatic heterocycles. The van der Waals surface area contributed by atoms with Gasteiger partial charge in [-0.2, -0.15) is 0 Å². The van der Waals surface area contributed by atoms with Crippen molar-refractivity contribution < 1.29 is 13.6 Å². The van der Waals surface area contributed by atoms with Crippen molar-refractivity contribution in [1.29, 1.82) is 0 Å². The molecule has 0 heterocycles. The number of Topliss-reactive ketones (excluding diaryl/α,β-unsaturated/α-hetero) is 1. The second-order valence-electron chi connectivity index (χ2n) is 3.40. The number of benzene rings is 1. The fraction of sp³-hybridized carbons (Fsp3) is 0.364. The van der Waals surface area contributed by atoms with Gasteiger partial charge in [0, 0.05) is 11.5 Å². The number of hydrogen-bond donors (Lipinski definition) is 0. The molecule has 82 valence electrons.